The number of aryl methyl sites for hydroxylation is 1. The quantitative estimate of drug-likeness (QED) is 0.636. The summed E-state index contributed by atoms with van der Waals surface area (Å²) in [6, 6.07) is 1.92. The van der Waals surface area contributed by atoms with Crippen molar-refractivity contribution in [1.82, 2.24) is 4.98 Å². The highest BCUT2D eigenvalue weighted by Gasteiger charge is 2.42. The topological polar surface area (TPSA) is 60.5 Å². The lowest BCUT2D eigenvalue weighted by molar-refractivity contribution is -0.148. The van der Waals surface area contributed by atoms with Crippen LogP contribution in [0.15, 0.2) is 12.3 Å². The van der Waals surface area contributed by atoms with Gasteiger partial charge in [-0.3, -0.25) is 4.79 Å². The molecule has 0 spiro atoms. The van der Waals surface area contributed by atoms with Gasteiger partial charge in [-0.25, -0.2) is 4.98 Å². The Morgan fingerprint density at radius 2 is 2.15 bits per heavy atom. The van der Waals surface area contributed by atoms with E-state index in [2.05, 4.69) is 31.1 Å². The molecule has 26 heavy (non-hydrogen) atoms. The number of pyridine rings is 1. The average molecular weight is 363 g/mol. The number of carbonyl (C=O) groups excluding carboxylic acids is 1. The number of amides is 1. The van der Waals surface area contributed by atoms with Crippen molar-refractivity contribution in [2.75, 3.05) is 18.5 Å². The predicted octanol–water partition coefficient (Wildman–Crippen LogP) is 4.88. The molecule has 1 N–H and O–H groups in total. The Morgan fingerprint density at radius 3 is 2.81 bits per heavy atom. The summed E-state index contributed by atoms with van der Waals surface area (Å²) in [4.78, 5) is 17.4. The molecule has 1 saturated carbocycles. The molecule has 1 aliphatic rings. The summed E-state index contributed by atoms with van der Waals surface area (Å²) in [5.41, 5.74) is 0.921. The highest BCUT2D eigenvalue weighted by molar-refractivity contribution is 5.97. The third-order valence-electron chi connectivity index (χ3n) is 4.98. The molecule has 1 heterocycles. The molecular weight excluding hydrogens is 328 g/mol. The van der Waals surface area contributed by atoms with Crippen LogP contribution in [0.4, 0.5) is 5.69 Å². The van der Waals surface area contributed by atoms with Crippen LogP contribution in [0, 0.1) is 12.8 Å². The van der Waals surface area contributed by atoms with E-state index in [1.807, 2.05) is 13.0 Å². The summed E-state index contributed by atoms with van der Waals surface area (Å²) >= 11 is 0. The molecular formula is C21H34N2O3. The van der Waals surface area contributed by atoms with E-state index < -0.39 is 5.60 Å². The van der Waals surface area contributed by atoms with Crippen molar-refractivity contribution in [1.29, 1.82) is 0 Å². The molecule has 1 fully saturated rings. The minimum absolute atomic E-state index is 0.0432. The van der Waals surface area contributed by atoms with Crippen LogP contribution in [0.25, 0.3) is 0 Å². The van der Waals surface area contributed by atoms with Gasteiger partial charge in [0.2, 0.25) is 5.88 Å². The molecule has 1 aromatic rings. The number of hydrogen-bond acceptors (Lipinski definition) is 4. The zero-order chi connectivity index (χ0) is 19.0. The van der Waals surface area contributed by atoms with Crippen LogP contribution in [-0.2, 0) is 9.53 Å². The van der Waals surface area contributed by atoms with Gasteiger partial charge in [-0.05, 0) is 51.0 Å². The van der Waals surface area contributed by atoms with E-state index in [1.54, 1.807) is 6.20 Å². The van der Waals surface area contributed by atoms with Crippen LogP contribution >= 0.6 is 0 Å². The molecule has 1 amide bonds. The molecule has 5 nitrogen and oxygen atoms in total. The number of carbonyl (C=O) groups is 1. The second-order valence-electron chi connectivity index (χ2n) is 7.55. The number of nitrogens with zero attached hydrogens (tertiary/aromatic N) is 1. The fourth-order valence-electron chi connectivity index (χ4n) is 3.54. The van der Waals surface area contributed by atoms with Gasteiger partial charge in [0.1, 0.15) is 5.60 Å². The van der Waals surface area contributed by atoms with Gasteiger partial charge in [0.05, 0.1) is 18.5 Å². The van der Waals surface area contributed by atoms with E-state index in [0.29, 0.717) is 30.7 Å². The van der Waals surface area contributed by atoms with Gasteiger partial charge in [-0.1, -0.05) is 33.6 Å². The lowest BCUT2D eigenvalue weighted by Gasteiger charge is -2.38. The fourth-order valence-corrected chi connectivity index (χ4v) is 3.54. The van der Waals surface area contributed by atoms with Gasteiger partial charge in [0.15, 0.2) is 0 Å². The van der Waals surface area contributed by atoms with Crippen LogP contribution in [0.1, 0.15) is 71.3 Å². The Hall–Kier alpha value is -1.62. The number of nitrogens with one attached hydrogen (secondary N) is 1. The maximum absolute atomic E-state index is 13.1. The summed E-state index contributed by atoms with van der Waals surface area (Å²) < 4.78 is 11.8. The minimum atomic E-state index is -0.710. The number of hydrogen-bond donors (Lipinski definition) is 1. The number of aromatic nitrogens is 1. The van der Waals surface area contributed by atoms with Crippen molar-refractivity contribution in [3.05, 3.63) is 17.8 Å². The van der Waals surface area contributed by atoms with E-state index in [-0.39, 0.29) is 5.91 Å². The molecule has 1 aliphatic carbocycles. The third-order valence-corrected chi connectivity index (χ3v) is 4.98. The van der Waals surface area contributed by atoms with Crippen LogP contribution in [0.3, 0.4) is 0 Å². The molecule has 0 aromatic carbocycles. The van der Waals surface area contributed by atoms with Crippen molar-refractivity contribution in [2.45, 2.75) is 78.2 Å². The lowest BCUT2D eigenvalue weighted by atomic mass is 9.78. The van der Waals surface area contributed by atoms with Gasteiger partial charge in [0, 0.05) is 12.2 Å². The zero-order valence-corrected chi connectivity index (χ0v) is 16.8. The maximum atomic E-state index is 13.1. The Kier molecular flexibility index (Phi) is 7.88. The molecule has 146 valence electrons. The van der Waals surface area contributed by atoms with Crippen molar-refractivity contribution in [3.63, 3.8) is 0 Å². The van der Waals surface area contributed by atoms with Gasteiger partial charge >= 0.3 is 0 Å². The van der Waals surface area contributed by atoms with E-state index in [9.17, 15) is 4.79 Å². The van der Waals surface area contributed by atoms with Gasteiger partial charge in [0.25, 0.3) is 5.91 Å². The summed E-state index contributed by atoms with van der Waals surface area (Å²) in [6.07, 6.45) is 8.44. The van der Waals surface area contributed by atoms with E-state index in [1.165, 1.54) is 0 Å². The zero-order valence-electron chi connectivity index (χ0n) is 16.8. The highest BCUT2D eigenvalue weighted by atomic mass is 16.5. The van der Waals surface area contributed by atoms with E-state index >= 15 is 0 Å². The first-order chi connectivity index (χ1) is 12.5. The number of rotatable bonds is 9. The second-order valence-corrected chi connectivity index (χ2v) is 7.55. The standard InChI is InChI=1S/C21H34N2O3/c1-5-7-12-25-19-17(4)13-18(15-22-19)23-20(24)21(26-11-6-2)10-8-9-16(3)14-21/h13,15-16H,5-12,14H2,1-4H3,(H,23,24)/t16-,21-/m0/s1. The van der Waals surface area contributed by atoms with E-state index in [0.717, 1.165) is 50.5 Å². The van der Waals surface area contributed by atoms with Gasteiger partial charge in [-0.15, -0.1) is 0 Å². The molecule has 0 bridgehead atoms. The first-order valence-electron chi connectivity index (χ1n) is 10.1. The molecule has 0 radical (unpaired) electrons. The van der Waals surface area contributed by atoms with Crippen molar-refractivity contribution in [3.8, 4) is 5.88 Å². The predicted molar refractivity (Wildman–Crippen MR) is 105 cm³/mol. The Morgan fingerprint density at radius 1 is 1.35 bits per heavy atom. The molecule has 5 heteroatoms. The Labute approximate surface area is 157 Å². The molecule has 2 atom stereocenters. The van der Waals surface area contributed by atoms with Crippen LogP contribution < -0.4 is 10.1 Å². The molecule has 1 aromatic heterocycles. The first-order valence-corrected chi connectivity index (χ1v) is 10.1. The fraction of sp³-hybridized carbons (Fsp3) is 0.714. The van der Waals surface area contributed by atoms with Gasteiger partial charge < -0.3 is 14.8 Å². The Bertz CT molecular complexity index is 591. The van der Waals surface area contributed by atoms with Gasteiger partial charge in [-0.2, -0.15) is 0 Å². The number of unbranched alkanes of at least 4 members (excludes halogenated alkanes) is 1. The largest absolute Gasteiger partial charge is 0.477 e. The minimum Gasteiger partial charge on any atom is -0.477 e. The molecule has 2 rings (SSSR count). The lowest BCUT2D eigenvalue weighted by Crippen LogP contribution is -2.48. The Balaban J connectivity index is 2.07. The van der Waals surface area contributed by atoms with Crippen molar-refractivity contribution < 1.29 is 14.3 Å². The summed E-state index contributed by atoms with van der Waals surface area (Å²) in [7, 11) is 0. The highest BCUT2D eigenvalue weighted by Crippen LogP contribution is 2.36. The summed E-state index contributed by atoms with van der Waals surface area (Å²) in [5, 5.41) is 3.04. The van der Waals surface area contributed by atoms with E-state index in [4.69, 9.17) is 9.47 Å². The normalized spacial score (nSPS) is 22.8. The van der Waals surface area contributed by atoms with Crippen LogP contribution in [0.5, 0.6) is 5.88 Å². The molecule has 0 saturated heterocycles. The summed E-state index contributed by atoms with van der Waals surface area (Å²) in [6.45, 7) is 9.64. The smallest absolute Gasteiger partial charge is 0.256 e. The van der Waals surface area contributed by atoms with Crippen LogP contribution in [-0.4, -0.2) is 29.7 Å². The monoisotopic (exact) mass is 362 g/mol. The molecule has 0 unspecified atom stereocenters. The SMILES string of the molecule is CCCCOc1ncc(NC(=O)[C@]2(OCCC)CCC[C@H](C)C2)cc1C. The summed E-state index contributed by atoms with van der Waals surface area (Å²) in [5.74, 6) is 1.10. The average Bonchev–Trinajstić information content (AvgIpc) is 2.62. The third kappa shape index (κ3) is 5.44. The van der Waals surface area contributed by atoms with Crippen molar-refractivity contribution in [2.24, 2.45) is 5.92 Å². The number of ether oxygens (including phenoxy) is 2. The molecule has 0 aliphatic heterocycles. The maximum Gasteiger partial charge on any atom is 0.256 e. The van der Waals surface area contributed by atoms with Crippen LogP contribution in [0.2, 0.25) is 0 Å². The second kappa shape index (κ2) is 9.91. The number of anilines is 1. The first kappa shape index (κ1) is 20.7. The van der Waals surface area contributed by atoms with Crippen molar-refractivity contribution >= 4 is 11.6 Å².